The third-order valence-electron chi connectivity index (χ3n) is 4.70. The van der Waals surface area contributed by atoms with Crippen LogP contribution in [-0.4, -0.2) is 19.1 Å². The minimum Gasteiger partial charge on any atom is -0.279 e. The van der Waals surface area contributed by atoms with Crippen LogP contribution in [0.5, 0.6) is 0 Å². The first-order chi connectivity index (χ1) is 15.1. The van der Waals surface area contributed by atoms with Crippen LogP contribution < -0.4 is 10.1 Å². The van der Waals surface area contributed by atoms with Crippen molar-refractivity contribution in [2.24, 2.45) is 5.10 Å². The topological polar surface area (TPSA) is 114 Å². The maximum atomic E-state index is 13.1. The molecule has 0 aromatic heterocycles. The summed E-state index contributed by atoms with van der Waals surface area (Å²) < 4.78 is 28.8. The minimum atomic E-state index is -4.16. The lowest BCUT2D eigenvalue weighted by molar-refractivity contribution is -0.385. The molecule has 3 rings (SSSR count). The number of halogens is 1. The van der Waals surface area contributed by atoms with E-state index >= 15 is 0 Å². The summed E-state index contributed by atoms with van der Waals surface area (Å²) in [7, 11) is -4.16. The number of anilines is 2. The lowest BCUT2D eigenvalue weighted by Gasteiger charge is -2.14. The number of hydrazone groups is 1. The smallest absolute Gasteiger partial charge is 0.270 e. The van der Waals surface area contributed by atoms with E-state index in [1.54, 1.807) is 50.2 Å². The molecule has 166 valence electrons. The summed E-state index contributed by atoms with van der Waals surface area (Å²) in [4.78, 5) is 10.3. The quantitative estimate of drug-likeness (QED) is 0.267. The monoisotopic (exact) mass is 472 g/mol. The number of benzene rings is 3. The summed E-state index contributed by atoms with van der Waals surface area (Å²) in [6.45, 7) is 5.41. The Morgan fingerprint density at radius 3 is 2.28 bits per heavy atom. The summed E-state index contributed by atoms with van der Waals surface area (Å²) in [5.41, 5.74) is 5.91. The van der Waals surface area contributed by atoms with Gasteiger partial charge in [0, 0.05) is 17.2 Å². The number of nitrogens with one attached hydrogen (secondary N) is 2. The van der Waals surface area contributed by atoms with Gasteiger partial charge in [-0.15, -0.1) is 0 Å². The lowest BCUT2D eigenvalue weighted by atomic mass is 10.1. The molecule has 8 nitrogen and oxygen atoms in total. The molecule has 0 radical (unpaired) electrons. The van der Waals surface area contributed by atoms with Crippen molar-refractivity contribution in [3.05, 3.63) is 92.5 Å². The Kier molecular flexibility index (Phi) is 6.81. The first kappa shape index (κ1) is 23.2. The fourth-order valence-corrected chi connectivity index (χ4v) is 4.40. The zero-order valence-electron chi connectivity index (χ0n) is 17.6. The van der Waals surface area contributed by atoms with Crippen LogP contribution in [0, 0.1) is 24.0 Å². The van der Waals surface area contributed by atoms with Crippen LogP contribution in [0.3, 0.4) is 0 Å². The predicted octanol–water partition coefficient (Wildman–Crippen LogP) is 5.50. The Morgan fingerprint density at radius 2 is 1.66 bits per heavy atom. The molecule has 0 spiro atoms. The van der Waals surface area contributed by atoms with Crippen molar-refractivity contribution >= 4 is 44.4 Å². The van der Waals surface area contributed by atoms with Crippen molar-refractivity contribution in [2.45, 2.75) is 25.7 Å². The second kappa shape index (κ2) is 9.37. The SMILES string of the molecule is CC(=NNc1ccc([N+](=O)[O-])cc1S(=O)(=O)Nc1ccc(C)cc1C)c1ccc(Cl)cc1. The highest BCUT2D eigenvalue weighted by molar-refractivity contribution is 7.92. The molecule has 0 amide bonds. The van der Waals surface area contributed by atoms with Crippen LogP contribution in [0.2, 0.25) is 5.02 Å². The van der Waals surface area contributed by atoms with E-state index in [1.165, 1.54) is 12.1 Å². The van der Waals surface area contributed by atoms with E-state index in [4.69, 9.17) is 11.6 Å². The van der Waals surface area contributed by atoms with Gasteiger partial charge in [-0.1, -0.05) is 41.4 Å². The Hall–Kier alpha value is -3.43. The van der Waals surface area contributed by atoms with E-state index in [1.807, 2.05) is 13.0 Å². The van der Waals surface area contributed by atoms with Crippen LogP contribution in [0.15, 0.2) is 70.7 Å². The molecule has 0 aliphatic heterocycles. The van der Waals surface area contributed by atoms with Gasteiger partial charge in [0.1, 0.15) is 4.90 Å². The predicted molar refractivity (Wildman–Crippen MR) is 127 cm³/mol. The molecule has 0 aliphatic rings. The van der Waals surface area contributed by atoms with Crippen molar-refractivity contribution in [1.29, 1.82) is 0 Å². The van der Waals surface area contributed by atoms with E-state index in [0.29, 0.717) is 16.4 Å². The van der Waals surface area contributed by atoms with E-state index < -0.39 is 14.9 Å². The van der Waals surface area contributed by atoms with Crippen molar-refractivity contribution in [3.8, 4) is 0 Å². The van der Waals surface area contributed by atoms with Crippen LogP contribution in [0.1, 0.15) is 23.6 Å². The van der Waals surface area contributed by atoms with Gasteiger partial charge in [-0.25, -0.2) is 8.42 Å². The van der Waals surface area contributed by atoms with Gasteiger partial charge in [0.25, 0.3) is 15.7 Å². The first-order valence-electron chi connectivity index (χ1n) is 9.51. The third-order valence-corrected chi connectivity index (χ3v) is 6.36. The van der Waals surface area contributed by atoms with Gasteiger partial charge in [0.15, 0.2) is 0 Å². The summed E-state index contributed by atoms with van der Waals surface area (Å²) in [5, 5.41) is 16.1. The zero-order valence-corrected chi connectivity index (χ0v) is 19.2. The number of rotatable bonds is 7. The standard InChI is InChI=1S/C22H21ClN4O4S/c1-14-4-10-20(15(2)12-14)26-32(30,31)22-13-19(27(28)29)9-11-21(22)25-24-16(3)17-5-7-18(23)8-6-17/h4-13,25-26H,1-3H3. The van der Waals surface area contributed by atoms with Gasteiger partial charge < -0.3 is 0 Å². The minimum absolute atomic E-state index is 0.0983. The summed E-state index contributed by atoms with van der Waals surface area (Å²) in [5.74, 6) is 0. The van der Waals surface area contributed by atoms with Crippen LogP contribution in [0.25, 0.3) is 0 Å². The second-order valence-corrected chi connectivity index (χ2v) is 9.26. The average molecular weight is 473 g/mol. The number of hydrogen-bond acceptors (Lipinski definition) is 6. The van der Waals surface area contributed by atoms with Gasteiger partial charge in [-0.3, -0.25) is 20.3 Å². The molecule has 0 heterocycles. The molecule has 32 heavy (non-hydrogen) atoms. The summed E-state index contributed by atoms with van der Waals surface area (Å²) in [6.07, 6.45) is 0. The maximum absolute atomic E-state index is 13.1. The highest BCUT2D eigenvalue weighted by Crippen LogP contribution is 2.29. The fourth-order valence-electron chi connectivity index (χ4n) is 2.97. The number of aryl methyl sites for hydroxylation is 2. The molecular formula is C22H21ClN4O4S. The largest absolute Gasteiger partial charge is 0.279 e. The molecule has 3 aromatic carbocycles. The fraction of sp³-hybridized carbons (Fsp3) is 0.136. The van der Waals surface area contributed by atoms with E-state index in [2.05, 4.69) is 15.2 Å². The number of non-ortho nitro benzene ring substituents is 1. The Morgan fingerprint density at radius 1 is 1.00 bits per heavy atom. The number of nitro groups is 1. The van der Waals surface area contributed by atoms with Gasteiger partial charge >= 0.3 is 0 Å². The van der Waals surface area contributed by atoms with Crippen molar-refractivity contribution in [1.82, 2.24) is 0 Å². The number of nitrogens with zero attached hydrogens (tertiary/aromatic N) is 2. The molecule has 3 aromatic rings. The molecule has 0 fully saturated rings. The molecule has 0 aliphatic carbocycles. The Labute approximate surface area is 191 Å². The van der Waals surface area contributed by atoms with E-state index in [-0.39, 0.29) is 16.3 Å². The van der Waals surface area contributed by atoms with Gasteiger partial charge in [0.05, 0.1) is 22.0 Å². The normalized spacial score (nSPS) is 11.8. The highest BCUT2D eigenvalue weighted by atomic mass is 35.5. The molecule has 0 saturated heterocycles. The number of nitro benzene ring substituents is 1. The average Bonchev–Trinajstić information content (AvgIpc) is 2.74. The van der Waals surface area contributed by atoms with Crippen LogP contribution >= 0.6 is 11.6 Å². The van der Waals surface area contributed by atoms with Gasteiger partial charge in [-0.2, -0.15) is 5.10 Å². The van der Waals surface area contributed by atoms with E-state index in [0.717, 1.165) is 22.8 Å². The molecule has 0 saturated carbocycles. The van der Waals surface area contributed by atoms with Crippen molar-refractivity contribution in [3.63, 3.8) is 0 Å². The van der Waals surface area contributed by atoms with Crippen LogP contribution in [0.4, 0.5) is 17.1 Å². The van der Waals surface area contributed by atoms with Crippen LogP contribution in [-0.2, 0) is 10.0 Å². The van der Waals surface area contributed by atoms with Gasteiger partial charge in [0.2, 0.25) is 0 Å². The Bertz CT molecular complexity index is 1310. The molecule has 0 unspecified atom stereocenters. The number of sulfonamides is 1. The molecular weight excluding hydrogens is 452 g/mol. The second-order valence-electron chi connectivity index (χ2n) is 7.18. The first-order valence-corrected chi connectivity index (χ1v) is 11.4. The molecule has 0 atom stereocenters. The van der Waals surface area contributed by atoms with Crippen molar-refractivity contribution < 1.29 is 13.3 Å². The highest BCUT2D eigenvalue weighted by Gasteiger charge is 2.23. The molecule has 10 heteroatoms. The maximum Gasteiger partial charge on any atom is 0.270 e. The zero-order chi connectivity index (χ0) is 23.5. The van der Waals surface area contributed by atoms with Gasteiger partial charge in [-0.05, 0) is 56.2 Å². The molecule has 0 bridgehead atoms. The Balaban J connectivity index is 1.99. The van der Waals surface area contributed by atoms with Crippen molar-refractivity contribution in [2.75, 3.05) is 10.1 Å². The third kappa shape index (κ3) is 5.43. The van der Waals surface area contributed by atoms with E-state index in [9.17, 15) is 18.5 Å². The summed E-state index contributed by atoms with van der Waals surface area (Å²) in [6, 6.07) is 15.8. The summed E-state index contributed by atoms with van der Waals surface area (Å²) >= 11 is 5.90. The number of hydrogen-bond donors (Lipinski definition) is 2. The lowest BCUT2D eigenvalue weighted by Crippen LogP contribution is -2.16. The molecule has 2 N–H and O–H groups in total.